The Morgan fingerprint density at radius 2 is 0.981 bits per heavy atom. The van der Waals surface area contributed by atoms with E-state index in [1.54, 1.807) is 12.4 Å². The van der Waals surface area contributed by atoms with E-state index in [9.17, 15) is 19.2 Å². The van der Waals surface area contributed by atoms with E-state index in [4.69, 9.17) is 9.47 Å². The van der Waals surface area contributed by atoms with Crippen molar-refractivity contribution < 1.29 is 28.7 Å². The van der Waals surface area contributed by atoms with Crippen LogP contribution < -0.4 is 10.6 Å². The molecule has 4 aromatic rings. The second kappa shape index (κ2) is 16.6. The molecule has 0 bridgehead atoms. The van der Waals surface area contributed by atoms with Crippen LogP contribution >= 0.6 is 0 Å². The van der Waals surface area contributed by atoms with E-state index in [0.717, 1.165) is 71.0 Å². The van der Waals surface area contributed by atoms with Crippen molar-refractivity contribution in [1.29, 1.82) is 0 Å². The fourth-order valence-corrected chi connectivity index (χ4v) is 7.41. The number of nitrogens with one attached hydrogen (secondary N) is 4. The van der Waals surface area contributed by atoms with Crippen LogP contribution in [0.2, 0.25) is 0 Å². The third kappa shape index (κ3) is 8.12. The highest BCUT2D eigenvalue weighted by molar-refractivity contribution is 5.87. The zero-order valence-corrected chi connectivity index (χ0v) is 31.7. The molecule has 4 heterocycles. The number of nitrogens with zero attached hydrogens (tertiary/aromatic N) is 4. The van der Waals surface area contributed by atoms with Crippen molar-refractivity contribution in [2.45, 2.75) is 77.5 Å². The van der Waals surface area contributed by atoms with Crippen molar-refractivity contribution in [3.8, 4) is 33.9 Å². The number of likely N-dealkylation sites (tertiary alicyclic amines) is 2. The topological polar surface area (TPSA) is 175 Å². The second-order valence-electron chi connectivity index (χ2n) is 14.6. The molecule has 2 saturated heterocycles. The minimum Gasteiger partial charge on any atom is -0.453 e. The number of alkyl carbamates (subject to hydrolysis) is 2. The Labute approximate surface area is 315 Å². The maximum atomic E-state index is 13.5. The van der Waals surface area contributed by atoms with E-state index < -0.39 is 24.3 Å². The molecule has 4 amide bonds. The van der Waals surface area contributed by atoms with Crippen LogP contribution in [0.15, 0.2) is 60.9 Å². The highest BCUT2D eigenvalue weighted by Crippen LogP contribution is 2.35. The molecule has 54 heavy (non-hydrogen) atoms. The minimum atomic E-state index is -0.680. The molecule has 0 radical (unpaired) electrons. The lowest BCUT2D eigenvalue weighted by Crippen LogP contribution is -2.51. The van der Waals surface area contributed by atoms with E-state index in [2.05, 4.69) is 54.8 Å². The number of imidazole rings is 2. The minimum absolute atomic E-state index is 0.0997. The van der Waals surface area contributed by atoms with Crippen LogP contribution in [0.1, 0.15) is 76.8 Å². The molecule has 0 saturated carbocycles. The number of rotatable bonds is 11. The molecule has 2 fully saturated rings. The first kappa shape index (κ1) is 38.1. The van der Waals surface area contributed by atoms with Gasteiger partial charge in [-0.2, -0.15) is 0 Å². The van der Waals surface area contributed by atoms with Gasteiger partial charge in [0.25, 0.3) is 0 Å². The van der Waals surface area contributed by atoms with E-state index in [-0.39, 0.29) is 35.7 Å². The lowest BCUT2D eigenvalue weighted by molar-refractivity contribution is -0.136. The van der Waals surface area contributed by atoms with Crippen molar-refractivity contribution >= 4 is 24.0 Å². The van der Waals surface area contributed by atoms with Crippen LogP contribution in [0.5, 0.6) is 0 Å². The van der Waals surface area contributed by atoms with Crippen LogP contribution in [0.25, 0.3) is 33.9 Å². The SMILES string of the molecule is COC(=O)N[C@H](C(=O)N1CCCC1c1cnc(-c2ccc(-c3ccc(-c4ncc(C5CCCN5C(=O)[C@@H](NC(=O)OC)C(C)C)[nH]4)cc3)cc2)[nH]1)C(C)C. The number of benzene rings is 2. The normalized spacial score (nSPS) is 18.1. The predicted octanol–water partition coefficient (Wildman–Crippen LogP) is 6.22. The standard InChI is InChI=1S/C40H50N8O6/c1-23(2)33(45-39(51)53-5)37(49)47-19-7-9-31(47)29-21-41-35(43-29)27-15-11-25(12-16-27)26-13-17-28(18-14-26)36-42-22-30(44-36)32-10-8-20-48(32)38(50)34(24(3)4)46-40(52)54-6/h11-18,21-24,31-34H,7-10,19-20H2,1-6H3,(H,41,43)(H,42,44)(H,45,51)(H,46,52)/t31?,32?,33-,34-/m0/s1. The first-order valence-electron chi connectivity index (χ1n) is 18.6. The van der Waals surface area contributed by atoms with Gasteiger partial charge >= 0.3 is 12.2 Å². The molecule has 14 heteroatoms. The number of ether oxygens (including phenoxy) is 2. The van der Waals surface area contributed by atoms with Crippen molar-refractivity contribution in [3.05, 3.63) is 72.3 Å². The van der Waals surface area contributed by atoms with Crippen molar-refractivity contribution in [2.75, 3.05) is 27.3 Å². The molecular weight excluding hydrogens is 688 g/mol. The van der Waals surface area contributed by atoms with E-state index in [1.807, 2.05) is 61.8 Å². The van der Waals surface area contributed by atoms with Crippen molar-refractivity contribution in [3.63, 3.8) is 0 Å². The molecule has 286 valence electrons. The number of carbonyl (C=O) groups excluding carboxylic acids is 4. The summed E-state index contributed by atoms with van der Waals surface area (Å²) in [7, 11) is 2.58. The summed E-state index contributed by atoms with van der Waals surface area (Å²) >= 11 is 0. The van der Waals surface area contributed by atoms with Crippen molar-refractivity contribution in [1.82, 2.24) is 40.4 Å². The van der Waals surface area contributed by atoms with Gasteiger partial charge in [-0.15, -0.1) is 0 Å². The van der Waals surface area contributed by atoms with Gasteiger partial charge in [-0.1, -0.05) is 76.2 Å². The summed E-state index contributed by atoms with van der Waals surface area (Å²) in [5.74, 6) is 0.977. The van der Waals surface area contributed by atoms with Crippen LogP contribution in [-0.4, -0.2) is 93.1 Å². The third-order valence-corrected chi connectivity index (χ3v) is 10.4. The highest BCUT2D eigenvalue weighted by Gasteiger charge is 2.38. The molecule has 0 spiro atoms. The Hall–Kier alpha value is -5.66. The molecular formula is C40H50N8O6. The van der Waals surface area contributed by atoms with Gasteiger partial charge in [0, 0.05) is 24.2 Å². The number of H-pyrrole nitrogens is 2. The number of hydrogen-bond donors (Lipinski definition) is 4. The van der Waals surface area contributed by atoms with Gasteiger partial charge in [0.05, 0.1) is 50.1 Å². The summed E-state index contributed by atoms with van der Waals surface area (Å²) in [6.45, 7) is 8.82. The summed E-state index contributed by atoms with van der Waals surface area (Å²) in [5.41, 5.74) is 5.66. The first-order chi connectivity index (χ1) is 26.0. The molecule has 2 aromatic carbocycles. The van der Waals surface area contributed by atoms with Crippen molar-refractivity contribution in [2.24, 2.45) is 11.8 Å². The van der Waals surface area contributed by atoms with Crippen LogP contribution in [-0.2, 0) is 19.1 Å². The number of aromatic amines is 2. The van der Waals surface area contributed by atoms with Gasteiger partial charge < -0.3 is 39.9 Å². The van der Waals surface area contributed by atoms with Gasteiger partial charge in [0.1, 0.15) is 23.7 Å². The fraction of sp³-hybridized carbons (Fsp3) is 0.450. The molecule has 4 atom stereocenters. The zero-order valence-electron chi connectivity index (χ0n) is 31.7. The second-order valence-corrected chi connectivity index (χ2v) is 14.6. The maximum absolute atomic E-state index is 13.5. The van der Waals surface area contributed by atoms with Crippen LogP contribution in [0.4, 0.5) is 9.59 Å². The molecule has 2 aliphatic heterocycles. The average Bonchev–Trinajstić information content (AvgIpc) is 4.02. The Morgan fingerprint density at radius 3 is 1.31 bits per heavy atom. The van der Waals surface area contributed by atoms with Crippen LogP contribution in [0.3, 0.4) is 0 Å². The molecule has 2 aliphatic rings. The molecule has 2 unspecified atom stereocenters. The Kier molecular flexibility index (Phi) is 11.7. The van der Waals surface area contributed by atoms with E-state index in [1.165, 1.54) is 14.2 Å². The highest BCUT2D eigenvalue weighted by atomic mass is 16.5. The maximum Gasteiger partial charge on any atom is 0.407 e. The number of aromatic nitrogens is 4. The molecule has 2 aromatic heterocycles. The average molecular weight is 739 g/mol. The summed E-state index contributed by atoms with van der Waals surface area (Å²) in [6, 6.07) is 14.6. The Morgan fingerprint density at radius 1 is 0.630 bits per heavy atom. The number of methoxy groups -OCH3 is 2. The van der Waals surface area contributed by atoms with Gasteiger partial charge in [-0.25, -0.2) is 19.6 Å². The lowest BCUT2D eigenvalue weighted by Gasteiger charge is -2.30. The number of carbonyl (C=O) groups is 4. The van der Waals surface area contributed by atoms with E-state index in [0.29, 0.717) is 13.1 Å². The molecule has 0 aliphatic carbocycles. The monoisotopic (exact) mass is 738 g/mol. The van der Waals surface area contributed by atoms with Gasteiger partial charge in [0.15, 0.2) is 0 Å². The third-order valence-electron chi connectivity index (χ3n) is 10.4. The zero-order chi connectivity index (χ0) is 38.5. The number of amides is 4. The largest absolute Gasteiger partial charge is 0.453 e. The van der Waals surface area contributed by atoms with E-state index >= 15 is 0 Å². The fourth-order valence-electron chi connectivity index (χ4n) is 7.41. The summed E-state index contributed by atoms with van der Waals surface area (Å²) in [4.78, 5) is 70.7. The molecule has 6 rings (SSSR count). The lowest BCUT2D eigenvalue weighted by atomic mass is 10.0. The summed E-state index contributed by atoms with van der Waals surface area (Å²) in [5, 5.41) is 5.39. The van der Waals surface area contributed by atoms with Gasteiger partial charge in [-0.3, -0.25) is 9.59 Å². The summed E-state index contributed by atoms with van der Waals surface area (Å²) in [6.07, 6.45) is 5.67. The summed E-state index contributed by atoms with van der Waals surface area (Å²) < 4.78 is 9.50. The molecule has 14 nitrogen and oxygen atoms in total. The predicted molar refractivity (Wildman–Crippen MR) is 203 cm³/mol. The quantitative estimate of drug-likeness (QED) is 0.140. The van der Waals surface area contributed by atoms with Gasteiger partial charge in [-0.05, 0) is 48.6 Å². The molecule has 4 N–H and O–H groups in total. The van der Waals surface area contributed by atoms with Crippen LogP contribution in [0, 0.1) is 11.8 Å². The van der Waals surface area contributed by atoms with Gasteiger partial charge in [0.2, 0.25) is 11.8 Å². The Bertz CT molecular complexity index is 1800. The number of hydrogen-bond acceptors (Lipinski definition) is 8. The smallest absolute Gasteiger partial charge is 0.407 e. The first-order valence-corrected chi connectivity index (χ1v) is 18.6. The Balaban J connectivity index is 1.11.